The Bertz CT molecular complexity index is 847. The van der Waals surface area contributed by atoms with Crippen molar-refractivity contribution >= 4 is 23.3 Å². The molecule has 28 heavy (non-hydrogen) atoms. The lowest BCUT2D eigenvalue weighted by Gasteiger charge is -2.31. The number of halogens is 1. The average Bonchev–Trinajstić information content (AvgIpc) is 2.62. The second kappa shape index (κ2) is 8.60. The number of carbonyl (C=O) groups excluding carboxylic acids is 2. The Morgan fingerprint density at radius 1 is 1.00 bits per heavy atom. The van der Waals surface area contributed by atoms with Gasteiger partial charge in [0.1, 0.15) is 23.3 Å². The number of carbonyl (C=O) groups is 2. The molecule has 0 saturated heterocycles. The standard InChI is InChI=1S/C24H27FO2S/c1-14-9-15(2)23(16(3)10-14)24-21(26)11-18(12-22(24)27)17(4)13-28-20-7-5-19(25)6-8-20/h5-10,17-18,24H,11-13H2,1-4H3. The molecule has 0 aliphatic heterocycles. The highest BCUT2D eigenvalue weighted by Crippen LogP contribution is 2.38. The monoisotopic (exact) mass is 398 g/mol. The zero-order valence-corrected chi connectivity index (χ0v) is 17.7. The topological polar surface area (TPSA) is 34.1 Å². The number of hydrogen-bond donors (Lipinski definition) is 0. The summed E-state index contributed by atoms with van der Waals surface area (Å²) >= 11 is 1.65. The Kier molecular flexibility index (Phi) is 6.39. The van der Waals surface area contributed by atoms with Crippen molar-refractivity contribution in [3.05, 3.63) is 64.5 Å². The van der Waals surface area contributed by atoms with E-state index in [0.29, 0.717) is 12.8 Å². The highest BCUT2D eigenvalue weighted by molar-refractivity contribution is 7.99. The molecule has 2 aromatic carbocycles. The first-order valence-electron chi connectivity index (χ1n) is 9.77. The van der Waals surface area contributed by atoms with E-state index in [-0.39, 0.29) is 29.2 Å². The number of benzene rings is 2. The maximum atomic E-state index is 13.0. The van der Waals surface area contributed by atoms with Gasteiger partial charge in [0.2, 0.25) is 0 Å². The van der Waals surface area contributed by atoms with Gasteiger partial charge in [-0.25, -0.2) is 4.39 Å². The molecule has 0 radical (unpaired) electrons. The fourth-order valence-corrected chi connectivity index (χ4v) is 5.33. The second-order valence-electron chi connectivity index (χ2n) is 8.09. The van der Waals surface area contributed by atoms with Crippen LogP contribution in [-0.2, 0) is 9.59 Å². The molecule has 1 unspecified atom stereocenters. The number of aryl methyl sites for hydroxylation is 3. The predicted molar refractivity (Wildman–Crippen MR) is 112 cm³/mol. The Morgan fingerprint density at radius 2 is 1.54 bits per heavy atom. The number of hydrogen-bond acceptors (Lipinski definition) is 3. The van der Waals surface area contributed by atoms with Crippen molar-refractivity contribution in [1.82, 2.24) is 0 Å². The van der Waals surface area contributed by atoms with Crippen LogP contribution in [0.15, 0.2) is 41.3 Å². The molecule has 2 aromatic rings. The largest absolute Gasteiger partial charge is 0.299 e. The summed E-state index contributed by atoms with van der Waals surface area (Å²) in [5.41, 5.74) is 4.12. The lowest BCUT2D eigenvalue weighted by molar-refractivity contribution is -0.134. The van der Waals surface area contributed by atoms with Crippen LogP contribution in [0.2, 0.25) is 0 Å². The van der Waals surface area contributed by atoms with Gasteiger partial charge in [0.25, 0.3) is 0 Å². The number of rotatable bonds is 5. The molecule has 0 aromatic heterocycles. The van der Waals surface area contributed by atoms with Crippen molar-refractivity contribution in [2.24, 2.45) is 11.8 Å². The van der Waals surface area contributed by atoms with Crippen LogP contribution in [0.25, 0.3) is 0 Å². The van der Waals surface area contributed by atoms with Crippen molar-refractivity contribution in [2.75, 3.05) is 5.75 Å². The molecule has 0 amide bonds. The van der Waals surface area contributed by atoms with Crippen LogP contribution in [0.1, 0.15) is 47.9 Å². The molecule has 1 atom stereocenters. The number of thioether (sulfide) groups is 1. The fraction of sp³-hybridized carbons (Fsp3) is 0.417. The first kappa shape index (κ1) is 20.8. The Labute approximate surface area is 170 Å². The summed E-state index contributed by atoms with van der Waals surface area (Å²) < 4.78 is 13.0. The minimum atomic E-state index is -0.603. The van der Waals surface area contributed by atoms with Crippen molar-refractivity contribution in [1.29, 1.82) is 0 Å². The van der Waals surface area contributed by atoms with Gasteiger partial charge in [-0.05, 0) is 73.6 Å². The van der Waals surface area contributed by atoms with E-state index < -0.39 is 5.92 Å². The third kappa shape index (κ3) is 4.54. The smallest absolute Gasteiger partial charge is 0.148 e. The van der Waals surface area contributed by atoms with E-state index in [1.165, 1.54) is 12.1 Å². The first-order valence-corrected chi connectivity index (χ1v) is 10.8. The molecule has 0 bridgehead atoms. The summed E-state index contributed by atoms with van der Waals surface area (Å²) in [5, 5.41) is 0. The number of Topliss-reactive ketones (excluding diaryl/α,β-unsaturated/α-hetero) is 2. The van der Waals surface area contributed by atoms with Crippen molar-refractivity contribution in [2.45, 2.75) is 51.3 Å². The molecule has 1 aliphatic carbocycles. The van der Waals surface area contributed by atoms with Gasteiger partial charge in [0, 0.05) is 23.5 Å². The lowest BCUT2D eigenvalue weighted by Crippen LogP contribution is -2.35. The van der Waals surface area contributed by atoms with Crippen LogP contribution in [0, 0.1) is 38.4 Å². The second-order valence-corrected chi connectivity index (χ2v) is 9.18. The lowest BCUT2D eigenvalue weighted by atomic mass is 9.71. The van der Waals surface area contributed by atoms with Crippen LogP contribution < -0.4 is 0 Å². The summed E-state index contributed by atoms with van der Waals surface area (Å²) in [4.78, 5) is 26.9. The molecule has 3 rings (SSSR count). The molecule has 1 aliphatic rings. The molecule has 0 spiro atoms. The van der Waals surface area contributed by atoms with Gasteiger partial charge in [-0.3, -0.25) is 9.59 Å². The quantitative estimate of drug-likeness (QED) is 0.471. The summed E-state index contributed by atoms with van der Waals surface area (Å²) in [6.45, 7) is 8.11. The Hall–Kier alpha value is -1.94. The molecule has 0 N–H and O–H groups in total. The SMILES string of the molecule is Cc1cc(C)c(C2C(=O)CC(C(C)CSc3ccc(F)cc3)CC2=O)c(C)c1. The van der Waals surface area contributed by atoms with Crippen LogP contribution in [0.4, 0.5) is 4.39 Å². The summed E-state index contributed by atoms with van der Waals surface area (Å²) in [7, 11) is 0. The van der Waals surface area contributed by atoms with Gasteiger partial charge in [-0.15, -0.1) is 11.8 Å². The predicted octanol–water partition coefficient (Wildman–Crippen LogP) is 5.81. The first-order chi connectivity index (χ1) is 13.3. The average molecular weight is 399 g/mol. The maximum absolute atomic E-state index is 13.0. The summed E-state index contributed by atoms with van der Waals surface area (Å²) in [5.74, 6) is 0.385. The van der Waals surface area contributed by atoms with Crippen LogP contribution in [0.5, 0.6) is 0 Å². The Balaban J connectivity index is 1.68. The van der Waals surface area contributed by atoms with Crippen LogP contribution >= 0.6 is 11.8 Å². The molecule has 2 nitrogen and oxygen atoms in total. The van der Waals surface area contributed by atoms with Crippen LogP contribution in [-0.4, -0.2) is 17.3 Å². The van der Waals surface area contributed by atoms with Gasteiger partial charge in [-0.2, -0.15) is 0 Å². The van der Waals surface area contributed by atoms with E-state index >= 15 is 0 Å². The summed E-state index contributed by atoms with van der Waals surface area (Å²) in [6, 6.07) is 10.6. The summed E-state index contributed by atoms with van der Waals surface area (Å²) in [6.07, 6.45) is 0.905. The van der Waals surface area contributed by atoms with Crippen molar-refractivity contribution in [3.63, 3.8) is 0 Å². The third-order valence-electron chi connectivity index (χ3n) is 5.73. The minimum Gasteiger partial charge on any atom is -0.299 e. The van der Waals surface area contributed by atoms with Gasteiger partial charge in [0.05, 0.1) is 0 Å². The van der Waals surface area contributed by atoms with Crippen LogP contribution in [0.3, 0.4) is 0 Å². The van der Waals surface area contributed by atoms with E-state index in [4.69, 9.17) is 0 Å². The number of ketones is 2. The fourth-order valence-electron chi connectivity index (χ4n) is 4.27. The van der Waals surface area contributed by atoms with E-state index in [9.17, 15) is 14.0 Å². The zero-order chi connectivity index (χ0) is 20.4. The van der Waals surface area contributed by atoms with Gasteiger partial charge in [0.15, 0.2) is 0 Å². The molecular weight excluding hydrogens is 371 g/mol. The third-order valence-corrected chi connectivity index (χ3v) is 7.03. The zero-order valence-electron chi connectivity index (χ0n) is 16.9. The molecule has 148 valence electrons. The molecular formula is C24H27FO2S. The minimum absolute atomic E-state index is 0.0509. The van der Waals surface area contributed by atoms with Gasteiger partial charge in [-0.1, -0.05) is 24.6 Å². The maximum Gasteiger partial charge on any atom is 0.148 e. The van der Waals surface area contributed by atoms with E-state index in [1.807, 2.05) is 20.8 Å². The van der Waals surface area contributed by atoms with Gasteiger partial charge < -0.3 is 0 Å². The van der Waals surface area contributed by atoms with Crippen molar-refractivity contribution < 1.29 is 14.0 Å². The van der Waals surface area contributed by atoms with Gasteiger partial charge >= 0.3 is 0 Å². The van der Waals surface area contributed by atoms with E-state index in [0.717, 1.165) is 32.9 Å². The highest BCUT2D eigenvalue weighted by atomic mass is 32.2. The molecule has 1 fully saturated rings. The van der Waals surface area contributed by atoms with E-state index in [2.05, 4.69) is 19.1 Å². The molecule has 1 saturated carbocycles. The Morgan fingerprint density at radius 3 is 2.07 bits per heavy atom. The van der Waals surface area contributed by atoms with Crippen molar-refractivity contribution in [3.8, 4) is 0 Å². The van der Waals surface area contributed by atoms with E-state index in [1.54, 1.807) is 23.9 Å². The normalized spacial score (nSPS) is 21.0. The molecule has 0 heterocycles. The molecule has 4 heteroatoms. The highest BCUT2D eigenvalue weighted by Gasteiger charge is 2.39.